The summed E-state index contributed by atoms with van der Waals surface area (Å²) < 4.78 is 55.1. The number of aryl methyl sites for hydroxylation is 1. The third-order valence-electron chi connectivity index (χ3n) is 3.57. The molecule has 2 rings (SSSR count). The van der Waals surface area contributed by atoms with Gasteiger partial charge in [-0.3, -0.25) is 4.99 Å². The molecule has 1 aromatic heterocycles. The smallest absolute Gasteiger partial charge is 0.422 e. The molecule has 0 saturated heterocycles. The van der Waals surface area contributed by atoms with E-state index in [1.807, 2.05) is 0 Å². The molecule has 0 aliphatic heterocycles. The van der Waals surface area contributed by atoms with Crippen LogP contribution in [0.15, 0.2) is 41.5 Å². The van der Waals surface area contributed by atoms with Gasteiger partial charge in [-0.1, -0.05) is 18.2 Å². The Bertz CT molecular complexity index is 799. The highest BCUT2D eigenvalue weighted by Gasteiger charge is 2.29. The summed E-state index contributed by atoms with van der Waals surface area (Å²) in [6.45, 7) is 0.846. The number of rotatable bonds is 6. The Hall–Kier alpha value is -2.11. The molecule has 0 saturated carbocycles. The highest BCUT2D eigenvalue weighted by Crippen LogP contribution is 2.19. The summed E-state index contributed by atoms with van der Waals surface area (Å²) in [5.41, 5.74) is 1.87. The fraction of sp³-hybridized carbons (Fsp3) is 0.333. The molecule has 0 spiro atoms. The van der Waals surface area contributed by atoms with E-state index in [4.69, 9.17) is 4.74 Å². The minimum absolute atomic E-state index is 0. The molecule has 0 radical (unpaired) electrons. The van der Waals surface area contributed by atoms with Crippen molar-refractivity contribution in [3.63, 3.8) is 0 Å². The van der Waals surface area contributed by atoms with E-state index < -0.39 is 12.8 Å². The van der Waals surface area contributed by atoms with Crippen LogP contribution in [0.25, 0.3) is 0 Å². The second kappa shape index (κ2) is 11.0. The van der Waals surface area contributed by atoms with Crippen LogP contribution in [0.2, 0.25) is 0 Å². The lowest BCUT2D eigenvalue weighted by molar-refractivity contribution is -0.154. The molecule has 5 nitrogen and oxygen atoms in total. The first-order chi connectivity index (χ1) is 12.8. The van der Waals surface area contributed by atoms with Gasteiger partial charge in [0.25, 0.3) is 0 Å². The standard InChI is InChI=1S/C18H20F4N4O.HI/c1-12-8-13(5-6-15(12)19)9-25-17(23-2)26-10-14-4-3-7-24-16(14)27-11-18(20,21)22;/h3-8H,9-11H2,1-2H3,(H2,23,25,26);1H. The van der Waals surface area contributed by atoms with Crippen LogP contribution in [-0.2, 0) is 13.1 Å². The summed E-state index contributed by atoms with van der Waals surface area (Å²) in [4.78, 5) is 7.89. The lowest BCUT2D eigenvalue weighted by Gasteiger charge is -2.15. The van der Waals surface area contributed by atoms with E-state index in [9.17, 15) is 17.6 Å². The number of guanidine groups is 1. The van der Waals surface area contributed by atoms with Crippen molar-refractivity contribution >= 4 is 29.9 Å². The van der Waals surface area contributed by atoms with E-state index in [-0.39, 0.29) is 42.2 Å². The van der Waals surface area contributed by atoms with Crippen molar-refractivity contribution in [1.82, 2.24) is 15.6 Å². The number of benzene rings is 1. The van der Waals surface area contributed by atoms with Crippen molar-refractivity contribution in [1.29, 1.82) is 0 Å². The van der Waals surface area contributed by atoms with Gasteiger partial charge in [0.1, 0.15) is 5.82 Å². The van der Waals surface area contributed by atoms with E-state index in [2.05, 4.69) is 20.6 Å². The molecule has 154 valence electrons. The van der Waals surface area contributed by atoms with Crippen molar-refractivity contribution in [2.24, 2.45) is 4.99 Å². The molecule has 0 bridgehead atoms. The zero-order chi connectivity index (χ0) is 19.9. The molecule has 1 heterocycles. The normalized spacial score (nSPS) is 11.6. The minimum Gasteiger partial charge on any atom is -0.468 e. The zero-order valence-electron chi connectivity index (χ0n) is 15.3. The molecule has 0 aliphatic rings. The molecule has 0 atom stereocenters. The van der Waals surface area contributed by atoms with E-state index in [0.29, 0.717) is 23.6 Å². The van der Waals surface area contributed by atoms with Crippen LogP contribution in [0, 0.1) is 12.7 Å². The van der Waals surface area contributed by atoms with Gasteiger partial charge < -0.3 is 15.4 Å². The molecule has 0 amide bonds. The zero-order valence-corrected chi connectivity index (χ0v) is 17.6. The number of aliphatic imine (C=N–C) groups is 1. The highest BCUT2D eigenvalue weighted by molar-refractivity contribution is 14.0. The Morgan fingerprint density at radius 1 is 1.18 bits per heavy atom. The molecule has 0 aliphatic carbocycles. The Labute approximate surface area is 177 Å². The third kappa shape index (κ3) is 7.87. The first-order valence-electron chi connectivity index (χ1n) is 8.11. The monoisotopic (exact) mass is 512 g/mol. The summed E-state index contributed by atoms with van der Waals surface area (Å²) in [5.74, 6) is 0.0683. The topological polar surface area (TPSA) is 58.5 Å². The molecule has 28 heavy (non-hydrogen) atoms. The van der Waals surface area contributed by atoms with Gasteiger partial charge in [-0.2, -0.15) is 13.2 Å². The van der Waals surface area contributed by atoms with Gasteiger partial charge in [0.05, 0.1) is 0 Å². The number of pyridine rings is 1. The van der Waals surface area contributed by atoms with Crippen molar-refractivity contribution < 1.29 is 22.3 Å². The fourth-order valence-electron chi connectivity index (χ4n) is 2.24. The van der Waals surface area contributed by atoms with Gasteiger partial charge in [0.15, 0.2) is 12.6 Å². The number of alkyl halides is 3. The van der Waals surface area contributed by atoms with Crippen LogP contribution in [0.3, 0.4) is 0 Å². The van der Waals surface area contributed by atoms with Crippen LogP contribution in [-0.4, -0.2) is 30.8 Å². The molecule has 2 aromatic rings. The van der Waals surface area contributed by atoms with Crippen molar-refractivity contribution in [3.05, 3.63) is 59.0 Å². The highest BCUT2D eigenvalue weighted by atomic mass is 127. The number of nitrogens with one attached hydrogen (secondary N) is 2. The number of aromatic nitrogens is 1. The Balaban J connectivity index is 0.00000392. The van der Waals surface area contributed by atoms with Crippen LogP contribution in [0.5, 0.6) is 5.88 Å². The maximum absolute atomic E-state index is 13.3. The number of ether oxygens (including phenoxy) is 1. The SMILES string of the molecule is CN=C(NCc1ccc(F)c(C)c1)NCc1cccnc1OCC(F)(F)F.I. The van der Waals surface area contributed by atoms with Gasteiger partial charge in [0, 0.05) is 31.9 Å². The average molecular weight is 512 g/mol. The van der Waals surface area contributed by atoms with Gasteiger partial charge in [0.2, 0.25) is 5.88 Å². The predicted octanol–water partition coefficient (Wildman–Crippen LogP) is 3.95. The Morgan fingerprint density at radius 3 is 2.54 bits per heavy atom. The molecule has 2 N–H and O–H groups in total. The maximum Gasteiger partial charge on any atom is 0.422 e. The van der Waals surface area contributed by atoms with E-state index >= 15 is 0 Å². The fourth-order valence-corrected chi connectivity index (χ4v) is 2.24. The third-order valence-corrected chi connectivity index (χ3v) is 3.57. The number of halogens is 5. The second-order valence-electron chi connectivity index (χ2n) is 5.73. The number of hydrogen-bond acceptors (Lipinski definition) is 3. The first-order valence-corrected chi connectivity index (χ1v) is 8.11. The summed E-state index contributed by atoms with van der Waals surface area (Å²) in [7, 11) is 1.57. The van der Waals surface area contributed by atoms with Crippen LogP contribution < -0.4 is 15.4 Å². The summed E-state index contributed by atoms with van der Waals surface area (Å²) in [6, 6.07) is 7.99. The van der Waals surface area contributed by atoms with Gasteiger partial charge in [-0.25, -0.2) is 9.37 Å². The van der Waals surface area contributed by atoms with E-state index in [0.717, 1.165) is 5.56 Å². The number of nitrogens with zero attached hydrogens (tertiary/aromatic N) is 2. The molecule has 0 fully saturated rings. The molecule has 1 aromatic carbocycles. The lowest BCUT2D eigenvalue weighted by atomic mass is 10.1. The largest absolute Gasteiger partial charge is 0.468 e. The van der Waals surface area contributed by atoms with Crippen LogP contribution in [0.1, 0.15) is 16.7 Å². The molecule has 0 unspecified atom stereocenters. The van der Waals surface area contributed by atoms with Crippen LogP contribution >= 0.6 is 24.0 Å². The second-order valence-corrected chi connectivity index (χ2v) is 5.73. The predicted molar refractivity (Wildman–Crippen MR) is 109 cm³/mol. The van der Waals surface area contributed by atoms with Gasteiger partial charge in [-0.05, 0) is 30.2 Å². The van der Waals surface area contributed by atoms with Crippen molar-refractivity contribution in [2.75, 3.05) is 13.7 Å². The molecular formula is C18H21F4IN4O. The lowest BCUT2D eigenvalue weighted by Crippen LogP contribution is -2.36. The summed E-state index contributed by atoms with van der Waals surface area (Å²) >= 11 is 0. The summed E-state index contributed by atoms with van der Waals surface area (Å²) in [5, 5.41) is 6.04. The van der Waals surface area contributed by atoms with E-state index in [1.165, 1.54) is 12.3 Å². The van der Waals surface area contributed by atoms with Gasteiger partial charge in [-0.15, -0.1) is 24.0 Å². The molecular weight excluding hydrogens is 491 g/mol. The average Bonchev–Trinajstić information content (AvgIpc) is 2.63. The summed E-state index contributed by atoms with van der Waals surface area (Å²) in [6.07, 6.45) is -3.08. The van der Waals surface area contributed by atoms with E-state index in [1.54, 1.807) is 38.2 Å². The van der Waals surface area contributed by atoms with Crippen LogP contribution in [0.4, 0.5) is 17.6 Å². The quantitative estimate of drug-likeness (QED) is 0.267. The molecule has 10 heteroatoms. The minimum atomic E-state index is -4.44. The first kappa shape index (κ1) is 23.9. The maximum atomic E-state index is 13.3. The Kier molecular flexibility index (Phi) is 9.42. The van der Waals surface area contributed by atoms with Crippen molar-refractivity contribution in [3.8, 4) is 5.88 Å². The van der Waals surface area contributed by atoms with Crippen molar-refractivity contribution in [2.45, 2.75) is 26.2 Å². The van der Waals surface area contributed by atoms with Gasteiger partial charge >= 0.3 is 6.18 Å². The number of hydrogen-bond donors (Lipinski definition) is 2. The Morgan fingerprint density at radius 2 is 1.89 bits per heavy atom.